The molecule has 26 heavy (non-hydrogen) atoms. The molecule has 1 aliphatic heterocycles. The maximum absolute atomic E-state index is 13.1. The van der Waals surface area contributed by atoms with Crippen molar-refractivity contribution < 1.29 is 18.7 Å². The third-order valence-electron chi connectivity index (χ3n) is 4.81. The number of methoxy groups -OCH3 is 1. The molecule has 4 rings (SSSR count). The van der Waals surface area contributed by atoms with Gasteiger partial charge in [0, 0.05) is 19.0 Å². The zero-order chi connectivity index (χ0) is 18.1. The van der Waals surface area contributed by atoms with Crippen LogP contribution in [0.5, 0.6) is 5.75 Å². The first-order chi connectivity index (χ1) is 12.7. The molecule has 3 aromatic heterocycles. The second kappa shape index (κ2) is 6.67. The molecule has 1 atom stereocenters. The van der Waals surface area contributed by atoms with Gasteiger partial charge in [0.05, 0.1) is 36.8 Å². The molecular weight excluding hydrogens is 334 g/mol. The van der Waals surface area contributed by atoms with E-state index < -0.39 is 0 Å². The smallest absolute Gasteiger partial charge is 0.257 e. The second-order valence-corrected chi connectivity index (χ2v) is 6.36. The summed E-state index contributed by atoms with van der Waals surface area (Å²) in [5.41, 5.74) is 1.25. The van der Waals surface area contributed by atoms with Crippen LogP contribution in [0.2, 0.25) is 0 Å². The molecule has 3 aromatic rings. The number of carbonyl (C=O) groups is 2. The lowest BCUT2D eigenvalue weighted by atomic mass is 10.1. The van der Waals surface area contributed by atoms with Gasteiger partial charge in [-0.1, -0.05) is 0 Å². The van der Waals surface area contributed by atoms with Crippen LogP contribution in [0.1, 0.15) is 40.2 Å². The van der Waals surface area contributed by atoms with E-state index in [1.165, 1.54) is 6.26 Å². The number of ketones is 1. The van der Waals surface area contributed by atoms with E-state index in [9.17, 15) is 9.59 Å². The van der Waals surface area contributed by atoms with Crippen LogP contribution in [0.25, 0.3) is 5.52 Å². The Morgan fingerprint density at radius 1 is 1.35 bits per heavy atom. The van der Waals surface area contributed by atoms with E-state index in [0.29, 0.717) is 23.6 Å². The Labute approximate surface area is 150 Å². The number of Topliss-reactive ketones (excluding diaryl/α,β-unsaturated/α-hetero) is 1. The molecule has 7 heteroatoms. The van der Waals surface area contributed by atoms with Gasteiger partial charge in [0.15, 0.2) is 11.5 Å². The van der Waals surface area contributed by atoms with E-state index >= 15 is 0 Å². The van der Waals surface area contributed by atoms with Crippen LogP contribution >= 0.6 is 0 Å². The number of amides is 1. The summed E-state index contributed by atoms with van der Waals surface area (Å²) in [4.78, 5) is 27.2. The van der Waals surface area contributed by atoms with Gasteiger partial charge in [-0.15, -0.1) is 0 Å². The monoisotopic (exact) mass is 353 g/mol. The van der Waals surface area contributed by atoms with Crippen LogP contribution in [0, 0.1) is 0 Å². The fourth-order valence-electron chi connectivity index (χ4n) is 3.47. The van der Waals surface area contributed by atoms with Crippen molar-refractivity contribution in [1.82, 2.24) is 14.5 Å². The molecule has 1 fully saturated rings. The Balaban J connectivity index is 1.56. The van der Waals surface area contributed by atoms with Gasteiger partial charge in [-0.2, -0.15) is 5.10 Å². The third-order valence-corrected chi connectivity index (χ3v) is 4.81. The summed E-state index contributed by atoms with van der Waals surface area (Å²) in [6.07, 6.45) is 6.75. The Hall–Kier alpha value is -3.09. The summed E-state index contributed by atoms with van der Waals surface area (Å²) >= 11 is 0. The van der Waals surface area contributed by atoms with Crippen LogP contribution in [0.3, 0.4) is 0 Å². The molecule has 1 aliphatic rings. The van der Waals surface area contributed by atoms with Crippen LogP contribution in [0.15, 0.2) is 47.3 Å². The highest BCUT2D eigenvalue weighted by atomic mass is 16.5. The van der Waals surface area contributed by atoms with Crippen LogP contribution in [-0.2, 0) is 0 Å². The number of hydrogen-bond donors (Lipinski definition) is 0. The zero-order valence-electron chi connectivity index (χ0n) is 14.4. The fraction of sp³-hybridized carbons (Fsp3) is 0.316. The predicted octanol–water partition coefficient (Wildman–Crippen LogP) is 2.81. The van der Waals surface area contributed by atoms with Crippen molar-refractivity contribution in [3.8, 4) is 5.75 Å². The van der Waals surface area contributed by atoms with Crippen molar-refractivity contribution in [3.63, 3.8) is 0 Å². The lowest BCUT2D eigenvalue weighted by Gasteiger charge is -2.23. The van der Waals surface area contributed by atoms with Gasteiger partial charge >= 0.3 is 0 Å². The van der Waals surface area contributed by atoms with Crippen molar-refractivity contribution in [3.05, 3.63) is 54.2 Å². The van der Waals surface area contributed by atoms with Gasteiger partial charge in [-0.05, 0) is 37.1 Å². The lowest BCUT2D eigenvalue weighted by molar-refractivity contribution is 0.0715. The largest absolute Gasteiger partial charge is 0.495 e. The van der Waals surface area contributed by atoms with Crippen LogP contribution in [-0.4, -0.2) is 45.9 Å². The number of aromatic nitrogens is 2. The lowest BCUT2D eigenvalue weighted by Crippen LogP contribution is -2.36. The van der Waals surface area contributed by atoms with Gasteiger partial charge in [-0.25, -0.2) is 4.52 Å². The SMILES string of the molecule is COc1ccc2c(C(=O)N3CCCC3CC(=O)c3ccco3)cnn2c1. The van der Waals surface area contributed by atoms with Gasteiger partial charge in [0.1, 0.15) is 5.75 Å². The number of carbonyl (C=O) groups excluding carboxylic acids is 2. The van der Waals surface area contributed by atoms with Crippen molar-refractivity contribution in [2.75, 3.05) is 13.7 Å². The molecule has 4 heterocycles. The fourth-order valence-corrected chi connectivity index (χ4v) is 3.47. The third kappa shape index (κ3) is 2.85. The molecular formula is C19H19N3O4. The van der Waals surface area contributed by atoms with Crippen molar-refractivity contribution in [2.45, 2.75) is 25.3 Å². The first-order valence-corrected chi connectivity index (χ1v) is 8.56. The topological polar surface area (TPSA) is 77.0 Å². The average molecular weight is 353 g/mol. The first-order valence-electron chi connectivity index (χ1n) is 8.56. The van der Waals surface area contributed by atoms with E-state index in [-0.39, 0.29) is 24.2 Å². The van der Waals surface area contributed by atoms with Crippen molar-refractivity contribution in [2.24, 2.45) is 0 Å². The molecule has 0 saturated carbocycles. The number of pyridine rings is 1. The second-order valence-electron chi connectivity index (χ2n) is 6.36. The highest BCUT2D eigenvalue weighted by molar-refractivity contribution is 6.01. The highest BCUT2D eigenvalue weighted by Gasteiger charge is 2.32. The molecule has 1 unspecified atom stereocenters. The maximum Gasteiger partial charge on any atom is 0.257 e. The molecule has 1 saturated heterocycles. The molecule has 134 valence electrons. The molecule has 0 radical (unpaired) electrons. The zero-order valence-corrected chi connectivity index (χ0v) is 14.4. The maximum atomic E-state index is 13.1. The van der Waals surface area contributed by atoms with Crippen molar-refractivity contribution in [1.29, 1.82) is 0 Å². The van der Waals surface area contributed by atoms with Crippen LogP contribution in [0.4, 0.5) is 0 Å². The highest BCUT2D eigenvalue weighted by Crippen LogP contribution is 2.26. The molecule has 0 N–H and O–H groups in total. The van der Waals surface area contributed by atoms with E-state index in [1.54, 1.807) is 47.1 Å². The minimum absolute atomic E-state index is 0.0794. The molecule has 1 amide bonds. The summed E-state index contributed by atoms with van der Waals surface area (Å²) in [6, 6.07) is 6.85. The van der Waals surface area contributed by atoms with Gasteiger partial charge in [-0.3, -0.25) is 9.59 Å². The summed E-state index contributed by atoms with van der Waals surface area (Å²) in [6.45, 7) is 0.641. The van der Waals surface area contributed by atoms with Gasteiger partial charge in [0.25, 0.3) is 5.91 Å². The Bertz CT molecular complexity index is 945. The van der Waals surface area contributed by atoms with Crippen molar-refractivity contribution >= 4 is 17.2 Å². The van der Waals surface area contributed by atoms with Crippen LogP contribution < -0.4 is 4.74 Å². The minimum Gasteiger partial charge on any atom is -0.495 e. The Morgan fingerprint density at radius 2 is 2.23 bits per heavy atom. The standard InChI is InChI=1S/C19H19N3O4/c1-25-14-6-7-16-15(11-20-22(16)12-14)19(24)21-8-2-4-13(21)10-17(23)18-5-3-9-26-18/h3,5-7,9,11-13H,2,4,8,10H2,1H3. The van der Waals surface area contributed by atoms with E-state index in [0.717, 1.165) is 18.4 Å². The summed E-state index contributed by atoms with van der Waals surface area (Å²) in [5.74, 6) is 0.833. The molecule has 7 nitrogen and oxygen atoms in total. The summed E-state index contributed by atoms with van der Waals surface area (Å²) in [5, 5.41) is 4.25. The van der Waals surface area contributed by atoms with E-state index in [1.807, 2.05) is 6.07 Å². The Kier molecular flexibility index (Phi) is 4.20. The number of rotatable bonds is 5. The molecule has 0 aliphatic carbocycles. The number of ether oxygens (including phenoxy) is 1. The number of nitrogens with zero attached hydrogens (tertiary/aromatic N) is 3. The summed E-state index contributed by atoms with van der Waals surface area (Å²) < 4.78 is 12.0. The molecule has 0 bridgehead atoms. The molecule has 0 aromatic carbocycles. The first kappa shape index (κ1) is 16.4. The Morgan fingerprint density at radius 3 is 3.00 bits per heavy atom. The number of fused-ring (bicyclic) bond motifs is 1. The van der Waals surface area contributed by atoms with Gasteiger partial charge < -0.3 is 14.1 Å². The predicted molar refractivity (Wildman–Crippen MR) is 93.5 cm³/mol. The normalized spacial score (nSPS) is 17.0. The molecule has 0 spiro atoms. The summed E-state index contributed by atoms with van der Waals surface area (Å²) in [7, 11) is 1.58. The number of hydrogen-bond acceptors (Lipinski definition) is 5. The minimum atomic E-state index is -0.117. The quantitative estimate of drug-likeness (QED) is 0.659. The van der Waals surface area contributed by atoms with E-state index in [2.05, 4.69) is 5.10 Å². The number of furan rings is 1. The van der Waals surface area contributed by atoms with E-state index in [4.69, 9.17) is 9.15 Å². The number of likely N-dealkylation sites (tertiary alicyclic amines) is 1. The van der Waals surface area contributed by atoms with Gasteiger partial charge in [0.2, 0.25) is 0 Å². The average Bonchev–Trinajstić information content (AvgIpc) is 3.40.